The number of nitrogens with zero attached hydrogens (tertiary/aromatic N) is 2. The fourth-order valence-corrected chi connectivity index (χ4v) is 3.33. The second kappa shape index (κ2) is 7.54. The summed E-state index contributed by atoms with van der Waals surface area (Å²) in [7, 11) is 0. The largest absolute Gasteiger partial charge is 0.372 e. The number of morpholine rings is 1. The van der Waals surface area contributed by atoms with Gasteiger partial charge in [-0.3, -0.25) is 4.79 Å². The third-order valence-electron chi connectivity index (χ3n) is 4.18. The van der Waals surface area contributed by atoms with E-state index in [-0.39, 0.29) is 18.1 Å². The van der Waals surface area contributed by atoms with Crippen LogP contribution in [-0.4, -0.2) is 36.2 Å². The standard InChI is InChI=1S/C19H22BrN3O2/c1-12-4-5-15(8-17(12)20)19(24)22-16-6-7-18(21-9-16)23-10-13(2)25-14(3)11-23/h4-9,13-14H,10-11H2,1-3H3,(H,22,24)/t13-,14+. The molecule has 6 heteroatoms. The molecule has 0 spiro atoms. The number of pyridine rings is 1. The Labute approximate surface area is 156 Å². The maximum atomic E-state index is 12.4. The first kappa shape index (κ1) is 17.9. The van der Waals surface area contributed by atoms with Crippen LogP contribution in [0.5, 0.6) is 0 Å². The van der Waals surface area contributed by atoms with Crippen LogP contribution in [0.4, 0.5) is 11.5 Å². The van der Waals surface area contributed by atoms with Gasteiger partial charge in [0.1, 0.15) is 5.82 Å². The number of ether oxygens (including phenoxy) is 1. The van der Waals surface area contributed by atoms with E-state index in [9.17, 15) is 4.79 Å². The smallest absolute Gasteiger partial charge is 0.255 e. The third-order valence-corrected chi connectivity index (χ3v) is 5.04. The number of benzene rings is 1. The second-order valence-corrected chi connectivity index (χ2v) is 7.34. The van der Waals surface area contributed by atoms with E-state index in [2.05, 4.69) is 45.0 Å². The van der Waals surface area contributed by atoms with Crippen LogP contribution in [0.1, 0.15) is 29.8 Å². The average molecular weight is 404 g/mol. The van der Waals surface area contributed by atoms with Gasteiger partial charge < -0.3 is 15.0 Å². The Morgan fingerprint density at radius 3 is 2.56 bits per heavy atom. The minimum absolute atomic E-state index is 0.149. The van der Waals surface area contributed by atoms with Gasteiger partial charge >= 0.3 is 0 Å². The van der Waals surface area contributed by atoms with Crippen LogP contribution in [0.15, 0.2) is 41.0 Å². The molecule has 1 aromatic heterocycles. The molecule has 132 valence electrons. The summed E-state index contributed by atoms with van der Waals surface area (Å²) < 4.78 is 6.67. The van der Waals surface area contributed by atoms with Crippen LogP contribution in [0.25, 0.3) is 0 Å². The van der Waals surface area contributed by atoms with Crippen molar-refractivity contribution in [3.63, 3.8) is 0 Å². The highest BCUT2D eigenvalue weighted by atomic mass is 79.9. The summed E-state index contributed by atoms with van der Waals surface area (Å²) in [5, 5.41) is 2.89. The van der Waals surface area contributed by atoms with Gasteiger partial charge in [-0.25, -0.2) is 4.98 Å². The van der Waals surface area contributed by atoms with Crippen molar-refractivity contribution in [2.24, 2.45) is 0 Å². The molecule has 1 aliphatic heterocycles. The van der Waals surface area contributed by atoms with Crippen molar-refractivity contribution in [2.75, 3.05) is 23.3 Å². The fourth-order valence-electron chi connectivity index (χ4n) is 2.95. The molecular weight excluding hydrogens is 382 g/mol. The molecule has 3 rings (SSSR count). The summed E-state index contributed by atoms with van der Waals surface area (Å²) in [5.74, 6) is 0.752. The fraction of sp³-hybridized carbons (Fsp3) is 0.368. The molecule has 0 bridgehead atoms. The Balaban J connectivity index is 1.68. The van der Waals surface area contributed by atoms with Crippen molar-refractivity contribution in [2.45, 2.75) is 33.0 Å². The van der Waals surface area contributed by atoms with Gasteiger partial charge in [0, 0.05) is 23.1 Å². The van der Waals surface area contributed by atoms with Crippen LogP contribution in [0, 0.1) is 6.92 Å². The number of aryl methyl sites for hydroxylation is 1. The van der Waals surface area contributed by atoms with E-state index in [4.69, 9.17) is 4.74 Å². The van der Waals surface area contributed by atoms with Crippen molar-refractivity contribution in [3.8, 4) is 0 Å². The molecule has 1 aromatic carbocycles. The third kappa shape index (κ3) is 4.38. The van der Waals surface area contributed by atoms with E-state index in [1.165, 1.54) is 0 Å². The molecule has 1 aliphatic rings. The van der Waals surface area contributed by atoms with E-state index >= 15 is 0 Å². The number of hydrogen-bond acceptors (Lipinski definition) is 4. The molecule has 2 heterocycles. The zero-order valence-corrected chi connectivity index (χ0v) is 16.2. The molecule has 1 amide bonds. The summed E-state index contributed by atoms with van der Waals surface area (Å²) in [5.41, 5.74) is 2.38. The van der Waals surface area contributed by atoms with Crippen LogP contribution in [-0.2, 0) is 4.74 Å². The Hall–Kier alpha value is -1.92. The van der Waals surface area contributed by atoms with Crippen molar-refractivity contribution >= 4 is 33.3 Å². The lowest BCUT2D eigenvalue weighted by Gasteiger charge is -2.36. The SMILES string of the molecule is Cc1ccc(C(=O)Nc2ccc(N3C[C@@H](C)O[C@@H](C)C3)nc2)cc1Br. The van der Waals surface area contributed by atoms with Gasteiger partial charge in [-0.05, 0) is 50.6 Å². The van der Waals surface area contributed by atoms with E-state index in [0.717, 1.165) is 28.9 Å². The highest BCUT2D eigenvalue weighted by Crippen LogP contribution is 2.21. The van der Waals surface area contributed by atoms with Gasteiger partial charge in [-0.15, -0.1) is 0 Å². The molecule has 1 N–H and O–H groups in total. The maximum Gasteiger partial charge on any atom is 0.255 e. The van der Waals surface area contributed by atoms with Crippen LogP contribution >= 0.6 is 15.9 Å². The number of amides is 1. The molecule has 1 fully saturated rings. The summed E-state index contributed by atoms with van der Waals surface area (Å²) >= 11 is 3.45. The highest BCUT2D eigenvalue weighted by molar-refractivity contribution is 9.10. The highest BCUT2D eigenvalue weighted by Gasteiger charge is 2.23. The lowest BCUT2D eigenvalue weighted by molar-refractivity contribution is -0.00545. The van der Waals surface area contributed by atoms with Gasteiger partial charge in [0.05, 0.1) is 24.1 Å². The molecule has 0 unspecified atom stereocenters. The first-order chi connectivity index (χ1) is 11.9. The predicted molar refractivity (Wildman–Crippen MR) is 103 cm³/mol. The van der Waals surface area contributed by atoms with Crippen LogP contribution in [0.2, 0.25) is 0 Å². The van der Waals surface area contributed by atoms with Crippen LogP contribution in [0.3, 0.4) is 0 Å². The Morgan fingerprint density at radius 2 is 1.96 bits per heavy atom. The zero-order chi connectivity index (χ0) is 18.0. The maximum absolute atomic E-state index is 12.4. The average Bonchev–Trinajstić information content (AvgIpc) is 2.57. The van der Waals surface area contributed by atoms with E-state index in [1.807, 2.05) is 37.3 Å². The summed E-state index contributed by atoms with van der Waals surface area (Å²) in [6.45, 7) is 7.76. The van der Waals surface area contributed by atoms with Gasteiger partial charge in [0.15, 0.2) is 0 Å². The predicted octanol–water partition coefficient (Wildman–Crippen LogP) is 4.02. The van der Waals surface area contributed by atoms with Crippen LogP contribution < -0.4 is 10.2 Å². The normalized spacial score (nSPS) is 20.4. The number of carbonyl (C=O) groups is 1. The number of rotatable bonds is 3. The van der Waals surface area contributed by atoms with E-state index in [0.29, 0.717) is 11.3 Å². The number of nitrogens with one attached hydrogen (secondary N) is 1. The lowest BCUT2D eigenvalue weighted by atomic mass is 10.1. The second-order valence-electron chi connectivity index (χ2n) is 6.49. The van der Waals surface area contributed by atoms with Crippen molar-refractivity contribution in [1.29, 1.82) is 0 Å². The minimum atomic E-state index is -0.149. The quantitative estimate of drug-likeness (QED) is 0.840. The van der Waals surface area contributed by atoms with Crippen molar-refractivity contribution < 1.29 is 9.53 Å². The van der Waals surface area contributed by atoms with Crippen molar-refractivity contribution in [3.05, 3.63) is 52.1 Å². The molecule has 2 aromatic rings. The first-order valence-corrected chi connectivity index (χ1v) is 9.15. The Kier molecular flexibility index (Phi) is 5.39. The molecular formula is C19H22BrN3O2. The Bertz CT molecular complexity index is 754. The van der Waals surface area contributed by atoms with Crippen molar-refractivity contribution in [1.82, 2.24) is 4.98 Å². The molecule has 0 radical (unpaired) electrons. The monoisotopic (exact) mass is 403 g/mol. The van der Waals surface area contributed by atoms with Gasteiger partial charge in [-0.2, -0.15) is 0 Å². The molecule has 25 heavy (non-hydrogen) atoms. The summed E-state index contributed by atoms with van der Waals surface area (Å²) in [6, 6.07) is 9.37. The minimum Gasteiger partial charge on any atom is -0.372 e. The Morgan fingerprint density at radius 1 is 1.24 bits per heavy atom. The van der Waals surface area contributed by atoms with Gasteiger partial charge in [-0.1, -0.05) is 22.0 Å². The lowest BCUT2D eigenvalue weighted by Crippen LogP contribution is -2.45. The molecule has 0 saturated carbocycles. The van der Waals surface area contributed by atoms with E-state index < -0.39 is 0 Å². The molecule has 2 atom stereocenters. The topological polar surface area (TPSA) is 54.5 Å². The number of halogens is 1. The molecule has 0 aliphatic carbocycles. The molecule has 5 nitrogen and oxygen atoms in total. The molecule has 1 saturated heterocycles. The number of carbonyl (C=O) groups excluding carboxylic acids is 1. The van der Waals surface area contributed by atoms with E-state index in [1.54, 1.807) is 6.20 Å². The zero-order valence-electron chi connectivity index (χ0n) is 14.6. The first-order valence-electron chi connectivity index (χ1n) is 8.36. The number of hydrogen-bond donors (Lipinski definition) is 1. The number of aromatic nitrogens is 1. The summed E-state index contributed by atoms with van der Waals surface area (Å²) in [6.07, 6.45) is 2.07. The van der Waals surface area contributed by atoms with Gasteiger partial charge in [0.25, 0.3) is 5.91 Å². The summed E-state index contributed by atoms with van der Waals surface area (Å²) in [4.78, 5) is 19.1. The van der Waals surface area contributed by atoms with Gasteiger partial charge in [0.2, 0.25) is 0 Å². The number of anilines is 2.